The molecule has 138 valence electrons. The van der Waals surface area contributed by atoms with E-state index in [2.05, 4.69) is 32.9 Å². The van der Waals surface area contributed by atoms with Gasteiger partial charge >= 0.3 is 0 Å². The minimum atomic E-state index is 0.502. The normalized spacial score (nSPS) is 12.7. The lowest BCUT2D eigenvalue weighted by Gasteiger charge is -2.28. The van der Waals surface area contributed by atoms with Crippen LogP contribution in [0.5, 0.6) is 5.75 Å². The van der Waals surface area contributed by atoms with Gasteiger partial charge in [-0.1, -0.05) is 110 Å². The van der Waals surface area contributed by atoms with Gasteiger partial charge in [0.25, 0.3) is 0 Å². The number of aromatic hydroxyl groups is 1. The van der Waals surface area contributed by atoms with Gasteiger partial charge in [-0.05, 0) is 29.9 Å². The largest absolute Gasteiger partial charge is 0.508 e. The van der Waals surface area contributed by atoms with Gasteiger partial charge in [0.05, 0.1) is 0 Å². The highest BCUT2D eigenvalue weighted by Crippen LogP contribution is 2.39. The molecule has 1 atom stereocenters. The highest BCUT2D eigenvalue weighted by molar-refractivity contribution is 5.35. The van der Waals surface area contributed by atoms with Crippen molar-refractivity contribution in [2.24, 2.45) is 5.92 Å². The molecule has 0 bridgehead atoms. The van der Waals surface area contributed by atoms with E-state index in [-0.39, 0.29) is 0 Å². The van der Waals surface area contributed by atoms with Crippen LogP contribution >= 0.6 is 0 Å². The number of para-hydroxylation sites is 1. The Balaban J connectivity index is 2.62. The highest BCUT2D eigenvalue weighted by Gasteiger charge is 2.23. The zero-order valence-corrected chi connectivity index (χ0v) is 16.4. The van der Waals surface area contributed by atoms with Gasteiger partial charge in [-0.25, -0.2) is 0 Å². The summed E-state index contributed by atoms with van der Waals surface area (Å²) in [6.07, 6.45) is 15.8. The molecule has 0 aliphatic rings. The fraction of sp³-hybridized carbons (Fsp3) is 0.739. The summed E-state index contributed by atoms with van der Waals surface area (Å²) < 4.78 is 0. The molecule has 0 aliphatic heterocycles. The van der Waals surface area contributed by atoms with E-state index in [1.807, 2.05) is 12.1 Å². The third-order valence-corrected chi connectivity index (χ3v) is 5.34. The van der Waals surface area contributed by atoms with Crippen LogP contribution < -0.4 is 0 Å². The summed E-state index contributed by atoms with van der Waals surface area (Å²) in [5, 5.41) is 10.4. The standard InChI is InChI=1S/C23H40O/c1-4-7-8-9-10-11-12-17-21(20(15-5-2)16-6-3)22-18-13-14-19-23(22)24/h13-14,18-21,24H,4-12,15-17H2,1-3H3. The Kier molecular flexibility index (Phi) is 11.7. The quantitative estimate of drug-likeness (QED) is 0.344. The van der Waals surface area contributed by atoms with Gasteiger partial charge in [-0.3, -0.25) is 0 Å². The third kappa shape index (κ3) is 7.73. The molecule has 0 fully saturated rings. The SMILES string of the molecule is CCCCCCCCCC(c1ccccc1O)C(CCC)CCC. The number of unbranched alkanes of at least 4 members (excludes halogenated alkanes) is 6. The van der Waals surface area contributed by atoms with Crippen molar-refractivity contribution < 1.29 is 5.11 Å². The first kappa shape index (κ1) is 21.1. The van der Waals surface area contributed by atoms with Gasteiger partial charge < -0.3 is 5.11 Å². The Hall–Kier alpha value is -0.980. The molecule has 1 nitrogen and oxygen atoms in total. The second-order valence-electron chi connectivity index (χ2n) is 7.41. The maximum absolute atomic E-state index is 10.4. The maximum atomic E-state index is 10.4. The molecule has 0 saturated carbocycles. The van der Waals surface area contributed by atoms with Crippen LogP contribution in [0.2, 0.25) is 0 Å². The summed E-state index contributed by atoms with van der Waals surface area (Å²) in [7, 11) is 0. The summed E-state index contributed by atoms with van der Waals surface area (Å²) in [4.78, 5) is 0. The van der Waals surface area contributed by atoms with E-state index >= 15 is 0 Å². The number of phenolic OH excluding ortho intramolecular Hbond substituents is 1. The molecule has 1 N–H and O–H groups in total. The van der Waals surface area contributed by atoms with Gasteiger partial charge in [0.1, 0.15) is 5.75 Å². The lowest BCUT2D eigenvalue weighted by atomic mass is 9.77. The second kappa shape index (κ2) is 13.3. The van der Waals surface area contributed by atoms with Crippen molar-refractivity contribution in [2.75, 3.05) is 0 Å². The minimum absolute atomic E-state index is 0.502. The molecule has 0 aromatic heterocycles. The van der Waals surface area contributed by atoms with Crippen molar-refractivity contribution in [2.45, 2.75) is 104 Å². The Morgan fingerprint density at radius 3 is 1.88 bits per heavy atom. The monoisotopic (exact) mass is 332 g/mol. The van der Waals surface area contributed by atoms with Gasteiger partial charge in [0, 0.05) is 0 Å². The van der Waals surface area contributed by atoms with E-state index in [9.17, 15) is 5.11 Å². The van der Waals surface area contributed by atoms with E-state index < -0.39 is 0 Å². The van der Waals surface area contributed by atoms with Crippen LogP contribution in [0, 0.1) is 5.92 Å². The Bertz CT molecular complexity index is 406. The maximum Gasteiger partial charge on any atom is 0.119 e. The molecule has 0 amide bonds. The molecule has 0 spiro atoms. The predicted molar refractivity (Wildman–Crippen MR) is 107 cm³/mol. The van der Waals surface area contributed by atoms with E-state index in [1.165, 1.54) is 82.6 Å². The van der Waals surface area contributed by atoms with Gasteiger partial charge in [0.2, 0.25) is 0 Å². The zero-order chi connectivity index (χ0) is 17.6. The number of rotatable bonds is 14. The molecule has 0 saturated heterocycles. The number of hydrogen-bond donors (Lipinski definition) is 1. The minimum Gasteiger partial charge on any atom is -0.508 e. The van der Waals surface area contributed by atoms with Crippen molar-refractivity contribution in [3.63, 3.8) is 0 Å². The average Bonchev–Trinajstić information content (AvgIpc) is 2.58. The molecule has 24 heavy (non-hydrogen) atoms. The molecule has 1 rings (SSSR count). The van der Waals surface area contributed by atoms with Crippen molar-refractivity contribution in [1.29, 1.82) is 0 Å². The van der Waals surface area contributed by atoms with E-state index in [1.54, 1.807) is 0 Å². The lowest BCUT2D eigenvalue weighted by Crippen LogP contribution is -2.14. The van der Waals surface area contributed by atoms with E-state index in [0.717, 1.165) is 0 Å². The molecule has 1 aromatic rings. The number of phenols is 1. The Morgan fingerprint density at radius 1 is 0.708 bits per heavy atom. The van der Waals surface area contributed by atoms with Crippen LogP contribution in [0.3, 0.4) is 0 Å². The summed E-state index contributed by atoms with van der Waals surface area (Å²) in [5.41, 5.74) is 1.19. The Morgan fingerprint density at radius 2 is 1.29 bits per heavy atom. The van der Waals surface area contributed by atoms with E-state index in [4.69, 9.17) is 0 Å². The first-order valence-electron chi connectivity index (χ1n) is 10.5. The molecular formula is C23H40O. The van der Waals surface area contributed by atoms with Crippen LogP contribution in [-0.4, -0.2) is 5.11 Å². The first-order valence-corrected chi connectivity index (χ1v) is 10.5. The summed E-state index contributed by atoms with van der Waals surface area (Å²) in [6, 6.07) is 8.04. The van der Waals surface area contributed by atoms with Crippen molar-refractivity contribution in [3.8, 4) is 5.75 Å². The van der Waals surface area contributed by atoms with Crippen LogP contribution in [0.4, 0.5) is 0 Å². The lowest BCUT2D eigenvalue weighted by molar-refractivity contribution is 0.329. The van der Waals surface area contributed by atoms with Crippen LogP contribution in [0.15, 0.2) is 24.3 Å². The molecular weight excluding hydrogens is 292 g/mol. The second-order valence-corrected chi connectivity index (χ2v) is 7.41. The average molecular weight is 333 g/mol. The Labute approximate surface area is 150 Å². The highest BCUT2D eigenvalue weighted by atomic mass is 16.3. The summed E-state index contributed by atoms with van der Waals surface area (Å²) in [5.74, 6) is 1.75. The molecule has 1 heteroatoms. The van der Waals surface area contributed by atoms with Gasteiger partial charge in [-0.15, -0.1) is 0 Å². The smallest absolute Gasteiger partial charge is 0.119 e. The fourth-order valence-corrected chi connectivity index (χ4v) is 4.06. The molecule has 1 unspecified atom stereocenters. The third-order valence-electron chi connectivity index (χ3n) is 5.34. The van der Waals surface area contributed by atoms with Crippen molar-refractivity contribution >= 4 is 0 Å². The molecule has 0 aliphatic carbocycles. The van der Waals surface area contributed by atoms with Crippen LogP contribution in [0.1, 0.15) is 109 Å². The number of hydrogen-bond acceptors (Lipinski definition) is 1. The van der Waals surface area contributed by atoms with Crippen molar-refractivity contribution in [3.05, 3.63) is 29.8 Å². The zero-order valence-electron chi connectivity index (χ0n) is 16.4. The van der Waals surface area contributed by atoms with Crippen LogP contribution in [0.25, 0.3) is 0 Å². The fourth-order valence-electron chi connectivity index (χ4n) is 4.06. The van der Waals surface area contributed by atoms with Crippen LogP contribution in [-0.2, 0) is 0 Å². The molecule has 0 radical (unpaired) electrons. The topological polar surface area (TPSA) is 20.2 Å². The molecule has 0 heterocycles. The van der Waals surface area contributed by atoms with Gasteiger partial charge in [0.15, 0.2) is 0 Å². The summed E-state index contributed by atoms with van der Waals surface area (Å²) >= 11 is 0. The number of benzene rings is 1. The summed E-state index contributed by atoms with van der Waals surface area (Å²) in [6.45, 7) is 6.86. The predicted octanol–water partition coefficient (Wildman–Crippen LogP) is 7.83. The van der Waals surface area contributed by atoms with Crippen molar-refractivity contribution in [1.82, 2.24) is 0 Å². The first-order chi connectivity index (χ1) is 11.7. The van der Waals surface area contributed by atoms with Gasteiger partial charge in [-0.2, -0.15) is 0 Å². The van der Waals surface area contributed by atoms with E-state index in [0.29, 0.717) is 17.6 Å². The molecule has 1 aromatic carbocycles.